The van der Waals surface area contributed by atoms with Crippen molar-refractivity contribution in [3.8, 4) is 0 Å². The van der Waals surface area contributed by atoms with Crippen molar-refractivity contribution in [2.75, 3.05) is 6.61 Å². The highest BCUT2D eigenvalue weighted by atomic mass is 16.5. The van der Waals surface area contributed by atoms with Crippen LogP contribution in [0.1, 0.15) is 32.6 Å². The predicted molar refractivity (Wildman–Crippen MR) is 55.3 cm³/mol. The number of esters is 1. The number of rotatable bonds is 2. The second kappa shape index (κ2) is 4.49. The summed E-state index contributed by atoms with van der Waals surface area (Å²) in [7, 11) is 0. The van der Waals surface area contributed by atoms with Gasteiger partial charge in [-0.05, 0) is 32.6 Å². The van der Waals surface area contributed by atoms with Crippen molar-refractivity contribution in [3.63, 3.8) is 0 Å². The van der Waals surface area contributed by atoms with Crippen LogP contribution in [-0.4, -0.2) is 35.9 Å². The van der Waals surface area contributed by atoms with Crippen molar-refractivity contribution >= 4 is 5.97 Å². The number of carbonyl (C=O) groups excluding carboxylic acids is 1. The van der Waals surface area contributed by atoms with E-state index in [0.29, 0.717) is 12.6 Å². The maximum Gasteiger partial charge on any atom is 0.323 e. The third-order valence-corrected chi connectivity index (χ3v) is 3.52. The van der Waals surface area contributed by atoms with Gasteiger partial charge in [-0.15, -0.1) is 0 Å². The monoisotopic (exact) mass is 213 g/mol. The molecule has 0 spiro atoms. The number of carbonyl (C=O) groups is 1. The predicted octanol–water partition coefficient (Wildman–Crippen LogP) is 0.441. The molecule has 1 saturated carbocycles. The molecule has 0 aromatic rings. The van der Waals surface area contributed by atoms with Crippen LogP contribution >= 0.6 is 0 Å². The number of aliphatic hydroxyl groups is 1. The van der Waals surface area contributed by atoms with Gasteiger partial charge >= 0.3 is 5.97 Å². The summed E-state index contributed by atoms with van der Waals surface area (Å²) < 4.78 is 4.98. The van der Waals surface area contributed by atoms with E-state index < -0.39 is 0 Å². The summed E-state index contributed by atoms with van der Waals surface area (Å²) in [6.45, 7) is 2.24. The summed E-state index contributed by atoms with van der Waals surface area (Å²) in [6, 6.07) is 0.107. The van der Waals surface area contributed by atoms with Crippen LogP contribution in [0.5, 0.6) is 0 Å². The fourth-order valence-corrected chi connectivity index (χ4v) is 2.78. The van der Waals surface area contributed by atoms with Crippen molar-refractivity contribution < 1.29 is 14.6 Å². The van der Waals surface area contributed by atoms with Gasteiger partial charge in [-0.3, -0.25) is 4.79 Å². The van der Waals surface area contributed by atoms with Crippen LogP contribution in [0.15, 0.2) is 0 Å². The van der Waals surface area contributed by atoms with E-state index >= 15 is 0 Å². The second-order valence-electron chi connectivity index (χ2n) is 4.48. The highest BCUT2D eigenvalue weighted by Gasteiger charge is 2.42. The molecule has 4 nitrogen and oxygen atoms in total. The SMILES string of the molecule is CCOC(=O)[C@@H]1C[C@H]2[C@@H](O)CCC[C@H]2N1. The minimum Gasteiger partial charge on any atom is -0.465 e. The van der Waals surface area contributed by atoms with Gasteiger partial charge in [0.15, 0.2) is 0 Å². The van der Waals surface area contributed by atoms with Crippen molar-refractivity contribution in [3.05, 3.63) is 0 Å². The highest BCUT2D eigenvalue weighted by molar-refractivity contribution is 5.76. The molecule has 0 radical (unpaired) electrons. The maximum atomic E-state index is 11.5. The Bertz CT molecular complexity index is 244. The van der Waals surface area contributed by atoms with E-state index in [1.54, 1.807) is 0 Å². The molecule has 86 valence electrons. The van der Waals surface area contributed by atoms with Gasteiger partial charge in [-0.2, -0.15) is 0 Å². The Kier molecular flexibility index (Phi) is 3.26. The lowest BCUT2D eigenvalue weighted by atomic mass is 9.82. The average Bonchev–Trinajstić information content (AvgIpc) is 2.63. The van der Waals surface area contributed by atoms with Crippen LogP contribution in [-0.2, 0) is 9.53 Å². The molecule has 4 atom stereocenters. The largest absolute Gasteiger partial charge is 0.465 e. The van der Waals surface area contributed by atoms with Gasteiger partial charge in [0.2, 0.25) is 0 Å². The van der Waals surface area contributed by atoms with E-state index in [1.807, 2.05) is 6.92 Å². The smallest absolute Gasteiger partial charge is 0.323 e. The zero-order chi connectivity index (χ0) is 10.8. The third kappa shape index (κ3) is 2.16. The lowest BCUT2D eigenvalue weighted by Gasteiger charge is -2.29. The fraction of sp³-hybridized carbons (Fsp3) is 0.909. The minimum absolute atomic E-state index is 0.167. The summed E-state index contributed by atoms with van der Waals surface area (Å²) in [5.74, 6) is 0.0762. The molecule has 0 unspecified atom stereocenters. The van der Waals surface area contributed by atoms with Gasteiger partial charge in [0.25, 0.3) is 0 Å². The van der Waals surface area contributed by atoms with E-state index in [1.165, 1.54) is 0 Å². The number of aliphatic hydroxyl groups excluding tert-OH is 1. The van der Waals surface area contributed by atoms with Gasteiger partial charge in [0, 0.05) is 12.0 Å². The average molecular weight is 213 g/mol. The summed E-state index contributed by atoms with van der Waals surface area (Å²) in [5.41, 5.74) is 0. The normalized spacial score (nSPS) is 39.9. The van der Waals surface area contributed by atoms with Crippen LogP contribution in [0.25, 0.3) is 0 Å². The Morgan fingerprint density at radius 2 is 2.33 bits per heavy atom. The molecule has 2 fully saturated rings. The Balaban J connectivity index is 1.94. The molecule has 2 rings (SSSR count). The Morgan fingerprint density at radius 1 is 1.53 bits per heavy atom. The second-order valence-corrected chi connectivity index (χ2v) is 4.48. The lowest BCUT2D eigenvalue weighted by molar-refractivity contribution is -0.145. The van der Waals surface area contributed by atoms with Gasteiger partial charge in [-0.25, -0.2) is 0 Å². The van der Waals surface area contributed by atoms with Gasteiger partial charge in [-0.1, -0.05) is 0 Å². The first kappa shape index (κ1) is 10.9. The minimum atomic E-state index is -0.240. The molecule has 1 aliphatic heterocycles. The molecule has 1 heterocycles. The van der Waals surface area contributed by atoms with E-state index in [4.69, 9.17) is 4.74 Å². The molecule has 0 bridgehead atoms. The van der Waals surface area contributed by atoms with Gasteiger partial charge < -0.3 is 15.2 Å². The summed E-state index contributed by atoms with van der Waals surface area (Å²) in [4.78, 5) is 11.5. The van der Waals surface area contributed by atoms with Gasteiger partial charge in [0.1, 0.15) is 6.04 Å². The molecule has 0 amide bonds. The standard InChI is InChI=1S/C11H19NO3/c1-2-15-11(14)9-6-7-8(12-9)4-3-5-10(7)13/h7-10,12-13H,2-6H2,1H3/t7-,8-,9+,10+/m1/s1. The van der Waals surface area contributed by atoms with E-state index in [0.717, 1.165) is 25.7 Å². The van der Waals surface area contributed by atoms with Crippen molar-refractivity contribution in [1.29, 1.82) is 0 Å². The third-order valence-electron chi connectivity index (χ3n) is 3.52. The zero-order valence-electron chi connectivity index (χ0n) is 9.11. The number of hydrogen-bond acceptors (Lipinski definition) is 4. The van der Waals surface area contributed by atoms with E-state index in [9.17, 15) is 9.90 Å². The first-order valence-electron chi connectivity index (χ1n) is 5.83. The van der Waals surface area contributed by atoms with Crippen LogP contribution in [0.2, 0.25) is 0 Å². The van der Waals surface area contributed by atoms with E-state index in [2.05, 4.69) is 5.32 Å². The summed E-state index contributed by atoms with van der Waals surface area (Å²) >= 11 is 0. The van der Waals surface area contributed by atoms with Crippen molar-refractivity contribution in [2.24, 2.45) is 5.92 Å². The molecule has 2 N–H and O–H groups in total. The molecular weight excluding hydrogens is 194 g/mol. The van der Waals surface area contributed by atoms with Crippen LogP contribution in [0.3, 0.4) is 0 Å². The summed E-state index contributed by atoms with van der Waals surface area (Å²) in [5, 5.41) is 13.1. The van der Waals surface area contributed by atoms with Gasteiger partial charge in [0.05, 0.1) is 12.7 Å². The molecule has 0 aromatic heterocycles. The number of ether oxygens (including phenoxy) is 1. The molecule has 4 heteroatoms. The quantitative estimate of drug-likeness (QED) is 0.654. The Labute approximate surface area is 90.0 Å². The molecule has 1 aliphatic carbocycles. The number of hydrogen-bond donors (Lipinski definition) is 2. The molecule has 1 saturated heterocycles. The molecular formula is C11H19NO3. The van der Waals surface area contributed by atoms with Crippen LogP contribution in [0.4, 0.5) is 0 Å². The lowest BCUT2D eigenvalue weighted by Crippen LogP contribution is -2.40. The van der Waals surface area contributed by atoms with Crippen LogP contribution in [0, 0.1) is 5.92 Å². The zero-order valence-corrected chi connectivity index (χ0v) is 9.11. The first-order chi connectivity index (χ1) is 7.22. The number of fused-ring (bicyclic) bond motifs is 1. The molecule has 2 aliphatic rings. The first-order valence-corrected chi connectivity index (χ1v) is 5.83. The van der Waals surface area contributed by atoms with Crippen molar-refractivity contribution in [2.45, 2.75) is 50.8 Å². The van der Waals surface area contributed by atoms with Crippen molar-refractivity contribution in [1.82, 2.24) is 5.32 Å². The summed E-state index contributed by atoms with van der Waals surface area (Å²) in [6.07, 6.45) is 3.47. The topological polar surface area (TPSA) is 58.6 Å². The van der Waals surface area contributed by atoms with E-state index in [-0.39, 0.29) is 24.0 Å². The Morgan fingerprint density at radius 3 is 3.00 bits per heavy atom. The highest BCUT2D eigenvalue weighted by Crippen LogP contribution is 2.33. The Hall–Kier alpha value is -0.610. The number of nitrogens with one attached hydrogen (secondary N) is 1. The molecule has 15 heavy (non-hydrogen) atoms. The fourth-order valence-electron chi connectivity index (χ4n) is 2.78. The maximum absolute atomic E-state index is 11.5. The molecule has 0 aromatic carbocycles. The van der Waals surface area contributed by atoms with Crippen LogP contribution < -0.4 is 5.32 Å².